The zero-order valence-corrected chi connectivity index (χ0v) is 16.6. The number of nitrogens with zero attached hydrogens (tertiary/aromatic N) is 1. The van der Waals surface area contributed by atoms with E-state index in [-0.39, 0.29) is 34.9 Å². The van der Waals surface area contributed by atoms with Crippen LogP contribution < -0.4 is 5.56 Å². The van der Waals surface area contributed by atoms with Gasteiger partial charge in [0, 0.05) is 23.9 Å². The minimum absolute atomic E-state index is 0.00457. The van der Waals surface area contributed by atoms with E-state index in [9.17, 15) is 18.4 Å². The number of carbonyl (C=O) groups is 1. The summed E-state index contributed by atoms with van der Waals surface area (Å²) in [5.41, 5.74) is 0.680. The highest BCUT2D eigenvalue weighted by atomic mass is 35.5. The number of halogens is 4. The molecule has 0 spiro atoms. The van der Waals surface area contributed by atoms with E-state index in [4.69, 9.17) is 27.9 Å². The van der Waals surface area contributed by atoms with Gasteiger partial charge in [-0.3, -0.25) is 9.59 Å². The van der Waals surface area contributed by atoms with Crippen molar-refractivity contribution < 1.29 is 18.3 Å². The fraction of sp³-hybridized carbons (Fsp3) is 0.200. The molecule has 0 bridgehead atoms. The summed E-state index contributed by atoms with van der Waals surface area (Å²) in [7, 11) is 1.56. The number of likely N-dealkylation sites (N-methyl/N-ethyl adjacent to an activating group) is 1. The number of nitrogens with one attached hydrogen (secondary N) is 1. The molecule has 0 saturated heterocycles. The molecule has 1 N–H and O–H groups in total. The molecule has 1 aliphatic rings. The fourth-order valence-electron chi connectivity index (χ4n) is 3.52. The second kappa shape index (κ2) is 7.40. The summed E-state index contributed by atoms with van der Waals surface area (Å²) in [6.45, 7) is 0.210. The first-order valence-corrected chi connectivity index (χ1v) is 9.37. The maximum atomic E-state index is 14.0. The van der Waals surface area contributed by atoms with Crippen LogP contribution in [0.4, 0.5) is 8.78 Å². The Morgan fingerprint density at radius 1 is 1.14 bits per heavy atom. The summed E-state index contributed by atoms with van der Waals surface area (Å²) in [6, 6.07) is 5.71. The molecule has 0 aliphatic carbocycles. The van der Waals surface area contributed by atoms with E-state index in [1.54, 1.807) is 7.05 Å². The van der Waals surface area contributed by atoms with Crippen molar-refractivity contribution in [3.63, 3.8) is 0 Å². The van der Waals surface area contributed by atoms with Gasteiger partial charge >= 0.3 is 0 Å². The van der Waals surface area contributed by atoms with Crippen LogP contribution in [0.3, 0.4) is 0 Å². The molecule has 0 unspecified atom stereocenters. The summed E-state index contributed by atoms with van der Waals surface area (Å²) < 4.78 is 33.2. The maximum absolute atomic E-state index is 14.0. The fourth-order valence-corrected chi connectivity index (χ4v) is 3.82. The van der Waals surface area contributed by atoms with Gasteiger partial charge in [0.05, 0.1) is 34.7 Å². The van der Waals surface area contributed by atoms with Crippen molar-refractivity contribution in [3.8, 4) is 0 Å². The molecule has 3 aromatic rings. The van der Waals surface area contributed by atoms with E-state index in [1.807, 2.05) is 0 Å². The van der Waals surface area contributed by atoms with Crippen molar-refractivity contribution in [1.29, 1.82) is 0 Å². The zero-order chi connectivity index (χ0) is 20.9. The Hall–Kier alpha value is -2.48. The summed E-state index contributed by atoms with van der Waals surface area (Å²) in [6.07, 6.45) is 0. The van der Waals surface area contributed by atoms with Crippen molar-refractivity contribution in [2.75, 3.05) is 13.7 Å². The molecule has 1 aromatic heterocycles. The van der Waals surface area contributed by atoms with Crippen molar-refractivity contribution in [2.24, 2.45) is 0 Å². The predicted molar refractivity (Wildman–Crippen MR) is 105 cm³/mol. The lowest BCUT2D eigenvalue weighted by Gasteiger charge is -2.34. The molecule has 4 rings (SSSR count). The van der Waals surface area contributed by atoms with E-state index in [2.05, 4.69) is 4.98 Å². The van der Waals surface area contributed by atoms with Crippen molar-refractivity contribution in [2.45, 2.75) is 12.6 Å². The van der Waals surface area contributed by atoms with Gasteiger partial charge in [0.1, 0.15) is 0 Å². The van der Waals surface area contributed by atoms with Gasteiger partial charge in [0.25, 0.3) is 11.5 Å². The number of ether oxygens (including phenoxy) is 1. The van der Waals surface area contributed by atoms with Gasteiger partial charge in [0.15, 0.2) is 11.6 Å². The van der Waals surface area contributed by atoms with Gasteiger partial charge in [-0.1, -0.05) is 23.2 Å². The predicted octanol–water partition coefficient (Wildman–Crippen LogP) is 4.46. The molecule has 2 heterocycles. The molecule has 29 heavy (non-hydrogen) atoms. The number of fused-ring (bicyclic) bond motifs is 3. The number of benzene rings is 2. The van der Waals surface area contributed by atoms with E-state index >= 15 is 0 Å². The van der Waals surface area contributed by atoms with Gasteiger partial charge in [0.2, 0.25) is 0 Å². The molecule has 1 aliphatic heterocycles. The molecule has 2 aromatic carbocycles. The third kappa shape index (κ3) is 3.39. The summed E-state index contributed by atoms with van der Waals surface area (Å²) in [5, 5.41) is 0.798. The lowest BCUT2D eigenvalue weighted by molar-refractivity contribution is 0.0335. The van der Waals surface area contributed by atoms with Crippen LogP contribution in [-0.4, -0.2) is 29.4 Å². The minimum Gasteiger partial charge on any atom is -0.373 e. The lowest BCUT2D eigenvalue weighted by atomic mass is 9.95. The average Bonchev–Trinajstić information content (AvgIpc) is 2.70. The summed E-state index contributed by atoms with van der Waals surface area (Å²) in [5.74, 6) is -2.56. The summed E-state index contributed by atoms with van der Waals surface area (Å²) >= 11 is 11.9. The molecule has 1 atom stereocenters. The number of hydrogen-bond donors (Lipinski definition) is 1. The Bertz CT molecular complexity index is 1210. The molecule has 0 fully saturated rings. The second-order valence-electron chi connectivity index (χ2n) is 6.73. The first-order valence-electron chi connectivity index (χ1n) is 8.61. The molecular weight excluding hydrogens is 425 g/mol. The molecule has 0 saturated carbocycles. The van der Waals surface area contributed by atoms with Crippen LogP contribution in [0, 0.1) is 11.6 Å². The number of aromatic nitrogens is 1. The van der Waals surface area contributed by atoms with Crippen molar-refractivity contribution in [3.05, 3.63) is 79.2 Å². The lowest BCUT2D eigenvalue weighted by Crippen LogP contribution is -2.37. The third-order valence-electron chi connectivity index (χ3n) is 4.99. The standard InChI is InChI=1S/C20H14Cl2F2N2O3/c1-26(20(28)9-2-3-12(21)13(22)4-9)17-8-29-7-16-18(17)10-5-14(23)15(24)6-11(10)19(27)25-16/h2-6,17H,7-8H2,1H3,(H,25,27)/t17-/m0/s1. The van der Waals surface area contributed by atoms with Crippen molar-refractivity contribution in [1.82, 2.24) is 9.88 Å². The topological polar surface area (TPSA) is 62.4 Å². The average molecular weight is 439 g/mol. The highest BCUT2D eigenvalue weighted by Crippen LogP contribution is 2.34. The van der Waals surface area contributed by atoms with Crippen LogP contribution in [0.15, 0.2) is 35.1 Å². The first kappa shape index (κ1) is 19.8. The van der Waals surface area contributed by atoms with Crippen LogP contribution in [0.2, 0.25) is 10.0 Å². The largest absolute Gasteiger partial charge is 0.373 e. The van der Waals surface area contributed by atoms with Crippen LogP contribution >= 0.6 is 23.2 Å². The first-order chi connectivity index (χ1) is 13.8. The highest BCUT2D eigenvalue weighted by molar-refractivity contribution is 6.42. The number of H-pyrrole nitrogens is 1. The normalized spacial score (nSPS) is 16.0. The van der Waals surface area contributed by atoms with Gasteiger partial charge in [-0.05, 0) is 35.7 Å². The maximum Gasteiger partial charge on any atom is 0.256 e. The third-order valence-corrected chi connectivity index (χ3v) is 5.73. The Morgan fingerprint density at radius 3 is 2.52 bits per heavy atom. The van der Waals surface area contributed by atoms with Crippen molar-refractivity contribution >= 4 is 39.9 Å². The molecule has 9 heteroatoms. The number of rotatable bonds is 2. The number of aromatic amines is 1. The van der Waals surface area contributed by atoms with Crippen LogP contribution in [-0.2, 0) is 11.3 Å². The van der Waals surface area contributed by atoms with Crippen LogP contribution in [0.1, 0.15) is 27.7 Å². The van der Waals surface area contributed by atoms with Gasteiger partial charge in [-0.25, -0.2) is 8.78 Å². The van der Waals surface area contributed by atoms with Gasteiger partial charge in [-0.15, -0.1) is 0 Å². The highest BCUT2D eigenvalue weighted by Gasteiger charge is 2.31. The molecule has 1 amide bonds. The van der Waals surface area contributed by atoms with Crippen LogP contribution in [0.5, 0.6) is 0 Å². The Labute approximate surface area is 173 Å². The molecular formula is C20H14Cl2F2N2O3. The molecule has 5 nitrogen and oxygen atoms in total. The zero-order valence-electron chi connectivity index (χ0n) is 15.1. The number of amides is 1. The monoisotopic (exact) mass is 438 g/mol. The van der Waals surface area contributed by atoms with Crippen LogP contribution in [0.25, 0.3) is 10.8 Å². The van der Waals surface area contributed by atoms with E-state index in [1.165, 1.54) is 23.1 Å². The number of pyridine rings is 1. The van der Waals surface area contributed by atoms with Gasteiger partial charge in [-0.2, -0.15) is 0 Å². The smallest absolute Gasteiger partial charge is 0.256 e. The quantitative estimate of drug-likeness (QED) is 0.642. The number of hydrogen-bond acceptors (Lipinski definition) is 3. The van der Waals surface area contributed by atoms with E-state index < -0.39 is 23.2 Å². The van der Waals surface area contributed by atoms with E-state index in [0.29, 0.717) is 21.8 Å². The SMILES string of the molecule is CN(C(=O)c1ccc(Cl)c(Cl)c1)[C@H]1COCc2[nH]c(=O)c3cc(F)c(F)cc3c21. The molecule has 0 radical (unpaired) electrons. The summed E-state index contributed by atoms with van der Waals surface area (Å²) in [4.78, 5) is 29.4. The van der Waals surface area contributed by atoms with E-state index in [0.717, 1.165) is 12.1 Å². The molecule has 150 valence electrons. The minimum atomic E-state index is -1.12. The Balaban J connectivity index is 1.84. The Morgan fingerprint density at radius 2 is 1.83 bits per heavy atom. The Kier molecular flexibility index (Phi) is 5.06. The second-order valence-corrected chi connectivity index (χ2v) is 7.55. The van der Waals surface area contributed by atoms with Gasteiger partial charge < -0.3 is 14.6 Å². The number of carbonyl (C=O) groups excluding carboxylic acids is 1.